The molecule has 0 unspecified atom stereocenters. The van der Waals surface area contributed by atoms with Gasteiger partial charge in [-0.05, 0) is 66.2 Å². The molecule has 0 radical (unpaired) electrons. The summed E-state index contributed by atoms with van der Waals surface area (Å²) in [5.74, 6) is 0.652. The topological polar surface area (TPSA) is 84.5 Å². The molecule has 1 amide bonds. The number of carbonyl (C=O) groups excluding carboxylic acids is 1. The van der Waals surface area contributed by atoms with Gasteiger partial charge in [0.1, 0.15) is 9.96 Å². The molecule has 0 spiro atoms. The van der Waals surface area contributed by atoms with Crippen LogP contribution < -0.4 is 14.8 Å². The van der Waals surface area contributed by atoms with Gasteiger partial charge in [-0.3, -0.25) is 9.52 Å². The molecule has 0 fully saturated rings. The van der Waals surface area contributed by atoms with Gasteiger partial charge in [-0.2, -0.15) is 0 Å². The number of ether oxygens (including phenoxy) is 1. The van der Waals surface area contributed by atoms with E-state index in [1.165, 1.54) is 0 Å². The van der Waals surface area contributed by atoms with Crippen LogP contribution in [0.3, 0.4) is 0 Å². The maximum absolute atomic E-state index is 12.4. The van der Waals surface area contributed by atoms with Gasteiger partial charge >= 0.3 is 0 Å². The first kappa shape index (κ1) is 22.8. The fraction of sp³-hybridized carbons (Fsp3) is 0.261. The van der Waals surface area contributed by atoms with Gasteiger partial charge in [0.25, 0.3) is 10.0 Å². The molecule has 0 aliphatic rings. The Labute approximate surface area is 187 Å². The average molecular weight is 459 g/mol. The second-order valence-corrected chi connectivity index (χ2v) is 10.00. The van der Waals surface area contributed by atoms with Crippen LogP contribution >= 0.6 is 11.3 Å². The van der Waals surface area contributed by atoms with Crippen molar-refractivity contribution >= 4 is 38.6 Å². The van der Waals surface area contributed by atoms with Gasteiger partial charge in [-0.15, -0.1) is 11.3 Å². The number of unbranched alkanes of at least 4 members (excludes halogenated alkanes) is 1. The van der Waals surface area contributed by atoms with E-state index in [0.717, 1.165) is 46.7 Å². The number of thiophene rings is 1. The maximum atomic E-state index is 12.4. The fourth-order valence-electron chi connectivity index (χ4n) is 2.89. The summed E-state index contributed by atoms with van der Waals surface area (Å²) in [6.07, 6.45) is 2.27. The highest BCUT2D eigenvalue weighted by molar-refractivity contribution is 7.94. The number of benzene rings is 2. The number of carbonyl (C=O) groups is 1. The minimum atomic E-state index is -3.58. The maximum Gasteiger partial charge on any atom is 0.271 e. The summed E-state index contributed by atoms with van der Waals surface area (Å²) in [6, 6.07) is 15.6. The third kappa shape index (κ3) is 6.57. The molecule has 0 bridgehead atoms. The average Bonchev–Trinajstić information content (AvgIpc) is 3.27. The van der Waals surface area contributed by atoms with E-state index in [1.54, 1.807) is 41.8 Å². The molecule has 0 saturated heterocycles. The number of nitrogens with one attached hydrogen (secondary N) is 2. The van der Waals surface area contributed by atoms with Gasteiger partial charge in [0.05, 0.1) is 13.0 Å². The Morgan fingerprint density at radius 2 is 1.87 bits per heavy atom. The summed E-state index contributed by atoms with van der Waals surface area (Å²) in [7, 11) is -3.58. The first-order valence-corrected chi connectivity index (χ1v) is 12.4. The van der Waals surface area contributed by atoms with E-state index in [9.17, 15) is 13.2 Å². The molecule has 2 aromatic carbocycles. The summed E-state index contributed by atoms with van der Waals surface area (Å²) in [5, 5.41) is 4.63. The third-order valence-electron chi connectivity index (χ3n) is 4.57. The largest absolute Gasteiger partial charge is 0.494 e. The van der Waals surface area contributed by atoms with Gasteiger partial charge in [0, 0.05) is 11.4 Å². The van der Waals surface area contributed by atoms with Crippen molar-refractivity contribution in [2.45, 2.75) is 37.3 Å². The lowest BCUT2D eigenvalue weighted by atomic mass is 10.1. The van der Waals surface area contributed by atoms with E-state index in [-0.39, 0.29) is 16.5 Å². The zero-order valence-corrected chi connectivity index (χ0v) is 19.2. The van der Waals surface area contributed by atoms with Crippen LogP contribution in [-0.4, -0.2) is 20.9 Å². The highest BCUT2D eigenvalue weighted by Crippen LogP contribution is 2.23. The molecule has 1 aromatic heterocycles. The molecule has 0 atom stereocenters. The van der Waals surface area contributed by atoms with E-state index in [1.807, 2.05) is 25.1 Å². The van der Waals surface area contributed by atoms with E-state index >= 15 is 0 Å². The van der Waals surface area contributed by atoms with Gasteiger partial charge in [-0.1, -0.05) is 31.5 Å². The summed E-state index contributed by atoms with van der Waals surface area (Å²) in [6.45, 7) is 4.72. The van der Waals surface area contributed by atoms with Crippen molar-refractivity contribution in [3.05, 3.63) is 71.1 Å². The quantitative estimate of drug-likeness (QED) is 0.408. The number of amides is 1. The molecular formula is C23H26N2O4S2. The molecule has 0 aliphatic carbocycles. The van der Waals surface area contributed by atoms with E-state index in [4.69, 9.17) is 4.74 Å². The van der Waals surface area contributed by atoms with Crippen LogP contribution in [-0.2, 0) is 21.2 Å². The Morgan fingerprint density at radius 1 is 1.10 bits per heavy atom. The summed E-state index contributed by atoms with van der Waals surface area (Å²) < 4.78 is 33.1. The van der Waals surface area contributed by atoms with Crippen LogP contribution in [0.25, 0.3) is 0 Å². The Hall–Kier alpha value is -2.84. The van der Waals surface area contributed by atoms with Crippen LogP contribution in [0.15, 0.2) is 64.2 Å². The Morgan fingerprint density at radius 3 is 2.52 bits per heavy atom. The predicted molar refractivity (Wildman–Crippen MR) is 125 cm³/mol. The van der Waals surface area contributed by atoms with Gasteiger partial charge < -0.3 is 10.1 Å². The number of anilines is 2. The molecule has 8 heteroatoms. The van der Waals surface area contributed by atoms with Gasteiger partial charge in [0.15, 0.2) is 0 Å². The highest BCUT2D eigenvalue weighted by Gasteiger charge is 2.15. The zero-order chi connectivity index (χ0) is 22.3. The molecule has 31 heavy (non-hydrogen) atoms. The molecule has 3 aromatic rings. The second-order valence-electron chi connectivity index (χ2n) is 7.14. The monoisotopic (exact) mass is 458 g/mol. The van der Waals surface area contributed by atoms with Crippen LogP contribution in [0.2, 0.25) is 0 Å². The lowest BCUT2D eigenvalue weighted by Crippen LogP contribution is -2.15. The summed E-state index contributed by atoms with van der Waals surface area (Å²) in [4.78, 5) is 12.4. The third-order valence-corrected chi connectivity index (χ3v) is 7.35. The van der Waals surface area contributed by atoms with Crippen LogP contribution in [0.5, 0.6) is 5.75 Å². The first-order valence-electron chi connectivity index (χ1n) is 10.1. The van der Waals surface area contributed by atoms with E-state index in [2.05, 4.69) is 17.0 Å². The molecule has 164 valence electrons. The molecule has 3 rings (SSSR count). The Bertz CT molecular complexity index is 1110. The lowest BCUT2D eigenvalue weighted by Gasteiger charge is -2.12. The number of hydrogen-bond donors (Lipinski definition) is 2. The first-order chi connectivity index (χ1) is 14.9. The van der Waals surface area contributed by atoms with Crippen molar-refractivity contribution in [3.63, 3.8) is 0 Å². The van der Waals surface area contributed by atoms with Crippen molar-refractivity contribution < 1.29 is 17.9 Å². The van der Waals surface area contributed by atoms with Crippen molar-refractivity contribution in [2.24, 2.45) is 0 Å². The normalized spacial score (nSPS) is 11.2. The standard InChI is InChI=1S/C23H26N2O4S2/c1-3-4-13-29-20-11-12-21(17(2)15-20)24-22(26)16-18-7-9-19(10-8-18)25-31(27,28)23-6-5-14-30-23/h5-12,14-15,25H,3-4,13,16H2,1-2H3,(H,24,26). The number of aryl methyl sites for hydroxylation is 1. The van der Waals surface area contributed by atoms with Crippen molar-refractivity contribution in [3.8, 4) is 5.75 Å². The number of rotatable bonds is 10. The Kier molecular flexibility index (Phi) is 7.70. The van der Waals surface area contributed by atoms with Gasteiger partial charge in [-0.25, -0.2) is 8.42 Å². The summed E-state index contributed by atoms with van der Waals surface area (Å²) in [5.41, 5.74) is 2.91. The molecular weight excluding hydrogens is 432 g/mol. The van der Waals surface area contributed by atoms with Crippen molar-refractivity contribution in [1.29, 1.82) is 0 Å². The molecule has 2 N–H and O–H groups in total. The minimum Gasteiger partial charge on any atom is -0.494 e. The Balaban J connectivity index is 1.56. The van der Waals surface area contributed by atoms with Crippen LogP contribution in [0.4, 0.5) is 11.4 Å². The zero-order valence-electron chi connectivity index (χ0n) is 17.6. The molecule has 0 aliphatic heterocycles. The minimum absolute atomic E-state index is 0.144. The fourth-order valence-corrected chi connectivity index (χ4v) is 4.94. The van der Waals surface area contributed by atoms with Crippen molar-refractivity contribution in [1.82, 2.24) is 0 Å². The van der Waals surface area contributed by atoms with Crippen LogP contribution in [0, 0.1) is 6.92 Å². The highest BCUT2D eigenvalue weighted by atomic mass is 32.2. The summed E-state index contributed by atoms with van der Waals surface area (Å²) >= 11 is 1.16. The molecule has 6 nitrogen and oxygen atoms in total. The molecule has 1 heterocycles. The second kappa shape index (κ2) is 10.5. The molecule has 0 saturated carbocycles. The van der Waals surface area contributed by atoms with E-state index < -0.39 is 10.0 Å². The van der Waals surface area contributed by atoms with Crippen molar-refractivity contribution in [2.75, 3.05) is 16.6 Å². The smallest absolute Gasteiger partial charge is 0.271 e. The predicted octanol–water partition coefficient (Wildman–Crippen LogP) is 5.22. The van der Waals surface area contributed by atoms with E-state index in [0.29, 0.717) is 12.3 Å². The number of sulfonamides is 1. The van der Waals surface area contributed by atoms with Gasteiger partial charge in [0.2, 0.25) is 5.91 Å². The lowest BCUT2D eigenvalue weighted by molar-refractivity contribution is -0.115. The SMILES string of the molecule is CCCCOc1ccc(NC(=O)Cc2ccc(NS(=O)(=O)c3cccs3)cc2)c(C)c1. The number of hydrogen-bond acceptors (Lipinski definition) is 5. The van der Waals surface area contributed by atoms with Crippen LogP contribution in [0.1, 0.15) is 30.9 Å².